The molecule has 1 nitrogen and oxygen atoms in total. The standard InChI is InChI=1S/C13H17BrClN/c1-16(8-10-6-12(15)7-10)9-11-4-2-3-5-13(11)14/h2-5,10,12H,6-9H2,1H3. The van der Waals surface area contributed by atoms with Crippen LogP contribution in [0.4, 0.5) is 0 Å². The first-order valence-corrected chi connectivity index (χ1v) is 6.94. The van der Waals surface area contributed by atoms with Gasteiger partial charge in [0.25, 0.3) is 0 Å². The molecule has 1 saturated carbocycles. The quantitative estimate of drug-likeness (QED) is 0.763. The number of hydrogen-bond acceptors (Lipinski definition) is 1. The number of halogens is 2. The van der Waals surface area contributed by atoms with Gasteiger partial charge in [0, 0.05) is 22.9 Å². The molecule has 1 aliphatic rings. The van der Waals surface area contributed by atoms with Crippen molar-refractivity contribution in [1.29, 1.82) is 0 Å². The molecule has 0 N–H and O–H groups in total. The third-order valence-electron chi connectivity index (χ3n) is 3.15. The molecule has 0 unspecified atom stereocenters. The maximum Gasteiger partial charge on any atom is 0.0342 e. The van der Waals surface area contributed by atoms with Gasteiger partial charge in [-0.3, -0.25) is 0 Å². The van der Waals surface area contributed by atoms with E-state index in [4.69, 9.17) is 11.6 Å². The third-order valence-corrected chi connectivity index (χ3v) is 4.28. The van der Waals surface area contributed by atoms with Crippen molar-refractivity contribution in [2.24, 2.45) is 5.92 Å². The summed E-state index contributed by atoms with van der Waals surface area (Å²) in [5, 5.41) is 0.432. The lowest BCUT2D eigenvalue weighted by atomic mass is 9.84. The molecule has 0 aromatic heterocycles. The zero-order chi connectivity index (χ0) is 11.5. The summed E-state index contributed by atoms with van der Waals surface area (Å²) >= 11 is 9.57. The molecule has 0 saturated heterocycles. The van der Waals surface area contributed by atoms with E-state index >= 15 is 0 Å². The number of hydrogen-bond donors (Lipinski definition) is 0. The number of nitrogens with zero attached hydrogens (tertiary/aromatic N) is 1. The Labute approximate surface area is 111 Å². The maximum atomic E-state index is 5.99. The fraction of sp³-hybridized carbons (Fsp3) is 0.538. The van der Waals surface area contributed by atoms with Gasteiger partial charge in [0.05, 0.1) is 0 Å². The Morgan fingerprint density at radius 2 is 2.06 bits per heavy atom. The number of benzene rings is 1. The predicted molar refractivity (Wildman–Crippen MR) is 72.8 cm³/mol. The molecule has 16 heavy (non-hydrogen) atoms. The van der Waals surface area contributed by atoms with Gasteiger partial charge in [0.15, 0.2) is 0 Å². The van der Waals surface area contributed by atoms with E-state index < -0.39 is 0 Å². The Morgan fingerprint density at radius 3 is 2.69 bits per heavy atom. The van der Waals surface area contributed by atoms with E-state index in [0.29, 0.717) is 5.38 Å². The van der Waals surface area contributed by atoms with Crippen LogP contribution in [0.1, 0.15) is 18.4 Å². The molecule has 0 aliphatic heterocycles. The fourth-order valence-corrected chi connectivity index (χ4v) is 3.14. The van der Waals surface area contributed by atoms with E-state index in [0.717, 1.165) is 19.0 Å². The first-order valence-electron chi connectivity index (χ1n) is 5.71. The zero-order valence-electron chi connectivity index (χ0n) is 9.50. The smallest absolute Gasteiger partial charge is 0.0342 e. The van der Waals surface area contributed by atoms with Crippen LogP contribution in [0.25, 0.3) is 0 Å². The van der Waals surface area contributed by atoms with Crippen molar-refractivity contribution in [2.75, 3.05) is 13.6 Å². The first kappa shape index (κ1) is 12.4. The van der Waals surface area contributed by atoms with E-state index in [-0.39, 0.29) is 0 Å². The topological polar surface area (TPSA) is 3.24 Å². The van der Waals surface area contributed by atoms with E-state index in [1.54, 1.807) is 0 Å². The highest BCUT2D eigenvalue weighted by Gasteiger charge is 2.27. The highest BCUT2D eigenvalue weighted by Crippen LogP contribution is 2.32. The summed E-state index contributed by atoms with van der Waals surface area (Å²) in [6.45, 7) is 2.16. The minimum absolute atomic E-state index is 0.432. The molecule has 0 bridgehead atoms. The molecule has 88 valence electrons. The van der Waals surface area contributed by atoms with Crippen molar-refractivity contribution < 1.29 is 0 Å². The molecule has 2 rings (SSSR count). The van der Waals surface area contributed by atoms with Crippen LogP contribution in [0.3, 0.4) is 0 Å². The van der Waals surface area contributed by atoms with Gasteiger partial charge in [-0.25, -0.2) is 0 Å². The van der Waals surface area contributed by atoms with E-state index in [1.165, 1.54) is 22.9 Å². The molecule has 1 aromatic rings. The third kappa shape index (κ3) is 3.22. The first-order chi connectivity index (χ1) is 7.65. The van der Waals surface area contributed by atoms with Crippen LogP contribution >= 0.6 is 27.5 Å². The summed E-state index contributed by atoms with van der Waals surface area (Å²) in [6, 6.07) is 8.41. The summed E-state index contributed by atoms with van der Waals surface area (Å²) in [6.07, 6.45) is 2.36. The van der Waals surface area contributed by atoms with E-state index in [9.17, 15) is 0 Å². The normalized spacial score (nSPS) is 24.5. The largest absolute Gasteiger partial charge is 0.302 e. The average molecular weight is 303 g/mol. The van der Waals surface area contributed by atoms with Crippen LogP contribution in [0, 0.1) is 5.92 Å². The van der Waals surface area contributed by atoms with Crippen LogP contribution < -0.4 is 0 Å². The minimum Gasteiger partial charge on any atom is -0.302 e. The Kier molecular flexibility index (Phi) is 4.28. The highest BCUT2D eigenvalue weighted by molar-refractivity contribution is 9.10. The Morgan fingerprint density at radius 1 is 1.38 bits per heavy atom. The van der Waals surface area contributed by atoms with Gasteiger partial charge in [-0.2, -0.15) is 0 Å². The maximum absolute atomic E-state index is 5.99. The van der Waals surface area contributed by atoms with Crippen molar-refractivity contribution in [3.63, 3.8) is 0 Å². The van der Waals surface area contributed by atoms with Crippen LogP contribution in [0.5, 0.6) is 0 Å². The highest BCUT2D eigenvalue weighted by atomic mass is 79.9. The Hall–Kier alpha value is -0.0500. The van der Waals surface area contributed by atoms with Crippen molar-refractivity contribution in [2.45, 2.75) is 24.8 Å². The second kappa shape index (κ2) is 5.52. The van der Waals surface area contributed by atoms with E-state index in [1.807, 2.05) is 0 Å². The molecule has 0 spiro atoms. The van der Waals surface area contributed by atoms with Crippen LogP contribution in [0.15, 0.2) is 28.7 Å². The lowest BCUT2D eigenvalue weighted by molar-refractivity contribution is 0.204. The minimum atomic E-state index is 0.432. The van der Waals surface area contributed by atoms with Gasteiger partial charge < -0.3 is 4.90 Å². The van der Waals surface area contributed by atoms with Crippen molar-refractivity contribution in [3.05, 3.63) is 34.3 Å². The van der Waals surface area contributed by atoms with Gasteiger partial charge in [-0.15, -0.1) is 11.6 Å². The van der Waals surface area contributed by atoms with Gasteiger partial charge in [0.2, 0.25) is 0 Å². The summed E-state index contributed by atoms with van der Waals surface area (Å²) in [5.41, 5.74) is 1.35. The molecule has 0 atom stereocenters. The van der Waals surface area contributed by atoms with Crippen molar-refractivity contribution >= 4 is 27.5 Å². The van der Waals surface area contributed by atoms with Gasteiger partial charge in [-0.05, 0) is 37.4 Å². The predicted octanol–water partition coefficient (Wildman–Crippen LogP) is 3.90. The molecular weight excluding hydrogens is 286 g/mol. The summed E-state index contributed by atoms with van der Waals surface area (Å²) < 4.78 is 1.20. The fourth-order valence-electron chi connectivity index (χ4n) is 2.23. The van der Waals surface area contributed by atoms with Crippen LogP contribution in [-0.2, 0) is 6.54 Å². The number of alkyl halides is 1. The average Bonchev–Trinajstić information content (AvgIpc) is 2.19. The SMILES string of the molecule is CN(Cc1ccccc1Br)CC1CC(Cl)C1. The van der Waals surface area contributed by atoms with Gasteiger partial charge >= 0.3 is 0 Å². The second-order valence-corrected chi connectivity index (χ2v) is 6.19. The van der Waals surface area contributed by atoms with E-state index in [2.05, 4.69) is 52.1 Å². The lowest BCUT2D eigenvalue weighted by Crippen LogP contribution is -2.34. The summed E-state index contributed by atoms with van der Waals surface area (Å²) in [7, 11) is 2.18. The molecule has 0 heterocycles. The summed E-state index contributed by atoms with van der Waals surface area (Å²) in [5.74, 6) is 0.801. The lowest BCUT2D eigenvalue weighted by Gasteiger charge is -2.34. The molecule has 1 fully saturated rings. The molecular formula is C13H17BrClN. The molecule has 3 heteroatoms. The van der Waals surface area contributed by atoms with Gasteiger partial charge in [-0.1, -0.05) is 34.1 Å². The molecule has 0 amide bonds. The Balaban J connectivity index is 1.83. The van der Waals surface area contributed by atoms with Crippen molar-refractivity contribution in [3.8, 4) is 0 Å². The monoisotopic (exact) mass is 301 g/mol. The summed E-state index contributed by atoms with van der Waals surface area (Å²) in [4.78, 5) is 2.38. The molecule has 0 radical (unpaired) electrons. The molecule has 1 aromatic carbocycles. The molecule has 1 aliphatic carbocycles. The van der Waals surface area contributed by atoms with Crippen molar-refractivity contribution in [1.82, 2.24) is 4.90 Å². The van der Waals surface area contributed by atoms with Crippen LogP contribution in [0.2, 0.25) is 0 Å². The second-order valence-electron chi connectivity index (χ2n) is 4.72. The Bertz CT molecular complexity index is 350. The van der Waals surface area contributed by atoms with Crippen LogP contribution in [-0.4, -0.2) is 23.9 Å². The van der Waals surface area contributed by atoms with Gasteiger partial charge in [0.1, 0.15) is 0 Å². The number of rotatable bonds is 4. The zero-order valence-corrected chi connectivity index (χ0v) is 11.8.